The van der Waals surface area contributed by atoms with Crippen molar-refractivity contribution in [2.24, 2.45) is 0 Å². The number of anilines is 1. The van der Waals surface area contributed by atoms with E-state index < -0.39 is 27.6 Å². The molecule has 34 heavy (non-hydrogen) atoms. The molecule has 0 unspecified atom stereocenters. The van der Waals surface area contributed by atoms with Gasteiger partial charge in [-0.05, 0) is 52.3 Å². The van der Waals surface area contributed by atoms with Crippen molar-refractivity contribution >= 4 is 76.7 Å². The summed E-state index contributed by atoms with van der Waals surface area (Å²) in [5.74, 6) is -1.90. The molecule has 0 saturated carbocycles. The molecule has 0 bridgehead atoms. The van der Waals surface area contributed by atoms with Crippen LogP contribution in [-0.2, 0) is 14.6 Å². The first-order chi connectivity index (χ1) is 15.9. The number of halogens is 3. The van der Waals surface area contributed by atoms with Crippen molar-refractivity contribution in [2.75, 3.05) is 11.6 Å². The predicted octanol–water partition coefficient (Wildman–Crippen LogP) is 3.49. The van der Waals surface area contributed by atoms with Gasteiger partial charge in [-0.1, -0.05) is 27.5 Å². The first-order valence-corrected chi connectivity index (χ1v) is 13.2. The van der Waals surface area contributed by atoms with Crippen LogP contribution < -0.4 is 16.2 Å². The van der Waals surface area contributed by atoms with Crippen LogP contribution in [0.4, 0.5) is 5.69 Å². The third kappa shape index (κ3) is 5.66. The molecule has 0 aliphatic heterocycles. The highest BCUT2D eigenvalue weighted by Gasteiger charge is 2.26. The summed E-state index contributed by atoms with van der Waals surface area (Å²) >= 11 is 12.8. The molecule has 3 rings (SSSR count). The number of hydrogen-bond donors (Lipinski definition) is 3. The van der Waals surface area contributed by atoms with Gasteiger partial charge in [0.25, 0.3) is 11.8 Å². The van der Waals surface area contributed by atoms with Gasteiger partial charge in [-0.15, -0.1) is 0 Å². The van der Waals surface area contributed by atoms with E-state index >= 15 is 0 Å². The average molecular weight is 634 g/mol. The third-order valence-electron chi connectivity index (χ3n) is 4.30. The topological polar surface area (TPSA) is 139 Å². The standard InChI is InChI=1S/C20H16Br2ClN5O5S/c1-10(29)26-27-19(30)12-8-11(21)9-13(22)17(12)25-20(31)15-5-6-16(34(2,32)33)28(15)18-14(23)4-3-7-24-18/h3-9H,1-2H3,(H,25,31)(H,26,29)(H,27,30). The van der Waals surface area contributed by atoms with Crippen LogP contribution in [0.5, 0.6) is 0 Å². The molecule has 3 aromatic rings. The first-order valence-electron chi connectivity index (χ1n) is 9.30. The number of hydrogen-bond acceptors (Lipinski definition) is 6. The second kappa shape index (κ2) is 10.3. The minimum Gasteiger partial charge on any atom is -0.319 e. The number of benzene rings is 1. The summed E-state index contributed by atoms with van der Waals surface area (Å²) in [4.78, 5) is 41.2. The van der Waals surface area contributed by atoms with E-state index in [0.29, 0.717) is 8.95 Å². The van der Waals surface area contributed by atoms with E-state index in [0.717, 1.165) is 10.8 Å². The smallest absolute Gasteiger partial charge is 0.272 e. The lowest BCUT2D eigenvalue weighted by Gasteiger charge is -2.16. The molecule has 0 spiro atoms. The van der Waals surface area contributed by atoms with Gasteiger partial charge < -0.3 is 5.32 Å². The van der Waals surface area contributed by atoms with Crippen LogP contribution in [0.2, 0.25) is 5.02 Å². The Bertz CT molecular complexity index is 1420. The average Bonchev–Trinajstić information content (AvgIpc) is 3.19. The van der Waals surface area contributed by atoms with E-state index in [-0.39, 0.29) is 32.8 Å². The molecular formula is C20H16Br2ClN5O5S. The van der Waals surface area contributed by atoms with Gasteiger partial charge in [0.05, 0.1) is 16.3 Å². The normalized spacial score (nSPS) is 11.1. The minimum absolute atomic E-state index is 0.0145. The maximum absolute atomic E-state index is 13.3. The molecule has 178 valence electrons. The van der Waals surface area contributed by atoms with Gasteiger partial charge in [-0.3, -0.25) is 29.8 Å². The Labute approximate surface area is 216 Å². The van der Waals surface area contributed by atoms with E-state index in [1.807, 2.05) is 0 Å². The maximum Gasteiger partial charge on any atom is 0.272 e. The molecule has 2 heterocycles. The van der Waals surface area contributed by atoms with Crippen LogP contribution in [0.15, 0.2) is 56.6 Å². The Hall–Kier alpha value is -2.74. The third-order valence-corrected chi connectivity index (χ3v) is 6.76. The molecular weight excluding hydrogens is 618 g/mol. The highest BCUT2D eigenvalue weighted by molar-refractivity contribution is 9.11. The van der Waals surface area contributed by atoms with Crippen molar-refractivity contribution in [3.8, 4) is 5.82 Å². The molecule has 1 aromatic carbocycles. The first kappa shape index (κ1) is 25.9. The Morgan fingerprint density at radius 3 is 2.38 bits per heavy atom. The number of carbonyl (C=O) groups is 3. The highest BCUT2D eigenvalue weighted by Crippen LogP contribution is 2.32. The summed E-state index contributed by atoms with van der Waals surface area (Å²) in [7, 11) is -3.77. The fourth-order valence-corrected chi connectivity index (χ4v) is 5.28. The van der Waals surface area contributed by atoms with Crippen molar-refractivity contribution in [2.45, 2.75) is 11.9 Å². The predicted molar refractivity (Wildman–Crippen MR) is 133 cm³/mol. The maximum atomic E-state index is 13.3. The number of rotatable bonds is 5. The van der Waals surface area contributed by atoms with Crippen molar-refractivity contribution in [3.63, 3.8) is 0 Å². The van der Waals surface area contributed by atoms with Crippen LogP contribution in [0.1, 0.15) is 27.8 Å². The van der Waals surface area contributed by atoms with Crippen LogP contribution in [0, 0.1) is 0 Å². The second-order valence-corrected chi connectivity index (χ2v) is 11.0. The number of carbonyl (C=O) groups excluding carboxylic acids is 3. The van der Waals surface area contributed by atoms with Crippen LogP contribution in [0.3, 0.4) is 0 Å². The molecule has 0 aliphatic rings. The van der Waals surface area contributed by atoms with Gasteiger partial charge in [0.2, 0.25) is 5.91 Å². The summed E-state index contributed by atoms with van der Waals surface area (Å²) in [6, 6.07) is 8.67. The van der Waals surface area contributed by atoms with E-state index in [1.165, 1.54) is 37.4 Å². The number of hydrazine groups is 1. The number of nitrogens with one attached hydrogen (secondary N) is 3. The summed E-state index contributed by atoms with van der Waals surface area (Å²) in [6.07, 6.45) is 2.40. The molecule has 0 atom stereocenters. The number of amides is 3. The molecule has 2 aromatic heterocycles. The van der Waals surface area contributed by atoms with E-state index in [1.54, 1.807) is 12.1 Å². The summed E-state index contributed by atoms with van der Waals surface area (Å²) in [6.45, 7) is 1.22. The van der Waals surface area contributed by atoms with Gasteiger partial charge in [-0.2, -0.15) is 0 Å². The number of aromatic nitrogens is 2. The van der Waals surface area contributed by atoms with Gasteiger partial charge in [0, 0.05) is 28.3 Å². The van der Waals surface area contributed by atoms with E-state index in [9.17, 15) is 22.8 Å². The molecule has 3 N–H and O–H groups in total. The lowest BCUT2D eigenvalue weighted by molar-refractivity contribution is -0.119. The van der Waals surface area contributed by atoms with E-state index in [4.69, 9.17) is 11.6 Å². The summed E-state index contributed by atoms with van der Waals surface area (Å²) in [5, 5.41) is 2.54. The largest absolute Gasteiger partial charge is 0.319 e. The fraction of sp³-hybridized carbons (Fsp3) is 0.100. The highest BCUT2D eigenvalue weighted by atomic mass is 79.9. The fourth-order valence-electron chi connectivity index (χ4n) is 2.91. The van der Waals surface area contributed by atoms with Gasteiger partial charge >= 0.3 is 0 Å². The van der Waals surface area contributed by atoms with Crippen LogP contribution >= 0.6 is 43.5 Å². The molecule has 0 radical (unpaired) electrons. The number of sulfone groups is 1. The molecule has 10 nitrogen and oxygen atoms in total. The van der Waals surface area contributed by atoms with Crippen LogP contribution in [-0.4, -0.2) is 41.9 Å². The van der Waals surface area contributed by atoms with Crippen molar-refractivity contribution in [1.29, 1.82) is 0 Å². The molecule has 14 heteroatoms. The second-order valence-electron chi connectivity index (χ2n) is 6.87. The monoisotopic (exact) mass is 631 g/mol. The Morgan fingerprint density at radius 2 is 1.76 bits per heavy atom. The molecule has 0 saturated heterocycles. The Kier molecular flexibility index (Phi) is 7.81. The van der Waals surface area contributed by atoms with Crippen molar-refractivity contribution < 1.29 is 22.8 Å². The Morgan fingerprint density at radius 1 is 1.06 bits per heavy atom. The Balaban J connectivity index is 2.10. The molecule has 3 amide bonds. The van der Waals surface area contributed by atoms with Crippen LogP contribution in [0.25, 0.3) is 5.82 Å². The SMILES string of the molecule is CC(=O)NNC(=O)c1cc(Br)cc(Br)c1NC(=O)c1ccc(S(C)(=O)=O)n1-c1ncccc1Cl. The van der Waals surface area contributed by atoms with Gasteiger partial charge in [-0.25, -0.2) is 13.4 Å². The van der Waals surface area contributed by atoms with Crippen molar-refractivity contribution in [3.05, 3.63) is 67.8 Å². The van der Waals surface area contributed by atoms with Gasteiger partial charge in [0.15, 0.2) is 15.7 Å². The minimum atomic E-state index is -3.77. The lowest BCUT2D eigenvalue weighted by Crippen LogP contribution is -2.40. The zero-order valence-corrected chi connectivity index (χ0v) is 22.3. The van der Waals surface area contributed by atoms with Gasteiger partial charge in [0.1, 0.15) is 10.7 Å². The zero-order valence-electron chi connectivity index (χ0n) is 17.5. The number of pyridine rings is 1. The van der Waals surface area contributed by atoms with Crippen molar-refractivity contribution in [1.82, 2.24) is 20.4 Å². The quantitative estimate of drug-likeness (QED) is 0.368. The van der Waals surface area contributed by atoms with E-state index in [2.05, 4.69) is 53.0 Å². The molecule has 0 aliphatic carbocycles. The zero-order chi connectivity index (χ0) is 25.2. The summed E-state index contributed by atoms with van der Waals surface area (Å²) < 4.78 is 26.7. The summed E-state index contributed by atoms with van der Waals surface area (Å²) in [5.41, 5.74) is 4.41. The number of nitrogens with zero attached hydrogens (tertiary/aromatic N) is 2. The molecule has 0 fully saturated rings. The lowest BCUT2D eigenvalue weighted by atomic mass is 10.1.